The molecule has 4 aromatic rings. The lowest BCUT2D eigenvalue weighted by Gasteiger charge is -2.36. The molecule has 1 aliphatic rings. The Labute approximate surface area is 204 Å². The lowest BCUT2D eigenvalue weighted by Crippen LogP contribution is -2.49. The molecule has 1 amide bonds. The van der Waals surface area contributed by atoms with Crippen molar-refractivity contribution in [1.82, 2.24) is 9.47 Å². The van der Waals surface area contributed by atoms with Gasteiger partial charge in [0.2, 0.25) is 5.91 Å². The van der Waals surface area contributed by atoms with Gasteiger partial charge in [0.05, 0.1) is 6.42 Å². The van der Waals surface area contributed by atoms with E-state index in [4.69, 9.17) is 0 Å². The van der Waals surface area contributed by atoms with Crippen LogP contribution in [0.4, 0.5) is 10.1 Å². The molecule has 3 aromatic carbocycles. The largest absolute Gasteiger partial charge is 0.368 e. The van der Waals surface area contributed by atoms with E-state index in [0.717, 1.165) is 40.8 Å². The number of aromatic nitrogens is 1. The van der Waals surface area contributed by atoms with Crippen molar-refractivity contribution in [2.24, 2.45) is 0 Å². The Morgan fingerprint density at radius 1 is 0.857 bits per heavy atom. The van der Waals surface area contributed by atoms with Crippen LogP contribution in [-0.4, -0.2) is 47.3 Å². The number of hydrogen-bond donors (Lipinski definition) is 0. The van der Waals surface area contributed by atoms with Crippen molar-refractivity contribution in [3.8, 4) is 0 Å². The number of halogens is 1. The van der Waals surface area contributed by atoms with Gasteiger partial charge >= 0.3 is 0 Å². The maximum Gasteiger partial charge on any atom is 0.227 e. The summed E-state index contributed by atoms with van der Waals surface area (Å²) in [6.07, 6.45) is 2.41. The van der Waals surface area contributed by atoms with E-state index in [1.807, 2.05) is 41.3 Å². The number of amides is 1. The summed E-state index contributed by atoms with van der Waals surface area (Å²) in [5.41, 5.74) is 4.87. The first-order valence-corrected chi connectivity index (χ1v) is 11.9. The Morgan fingerprint density at radius 2 is 1.54 bits per heavy atom. The van der Waals surface area contributed by atoms with Gasteiger partial charge in [0.15, 0.2) is 5.78 Å². The number of piperazine rings is 1. The van der Waals surface area contributed by atoms with Crippen molar-refractivity contribution in [2.45, 2.75) is 19.9 Å². The maximum absolute atomic E-state index is 13.3. The fourth-order valence-electron chi connectivity index (χ4n) is 4.78. The van der Waals surface area contributed by atoms with Gasteiger partial charge in [-0.3, -0.25) is 9.59 Å². The molecular weight excluding hydrogens is 441 g/mol. The van der Waals surface area contributed by atoms with Crippen LogP contribution in [0.5, 0.6) is 0 Å². The third kappa shape index (κ3) is 4.97. The molecule has 1 aromatic heterocycles. The summed E-state index contributed by atoms with van der Waals surface area (Å²) in [7, 11) is 0. The van der Waals surface area contributed by atoms with Crippen LogP contribution in [0.3, 0.4) is 0 Å². The van der Waals surface area contributed by atoms with Crippen molar-refractivity contribution >= 4 is 28.3 Å². The van der Waals surface area contributed by atoms with Crippen LogP contribution in [0.1, 0.15) is 28.4 Å². The van der Waals surface area contributed by atoms with Gasteiger partial charge in [0.25, 0.3) is 0 Å². The minimum absolute atomic E-state index is 0.0611. The van der Waals surface area contributed by atoms with Crippen LogP contribution in [0.2, 0.25) is 0 Å². The number of rotatable bonds is 6. The van der Waals surface area contributed by atoms with Crippen LogP contribution in [-0.2, 0) is 17.8 Å². The zero-order valence-corrected chi connectivity index (χ0v) is 19.8. The predicted molar refractivity (Wildman–Crippen MR) is 136 cm³/mol. The summed E-state index contributed by atoms with van der Waals surface area (Å²) < 4.78 is 15.4. The molecule has 0 spiro atoms. The minimum atomic E-state index is -0.245. The molecule has 0 aliphatic carbocycles. The van der Waals surface area contributed by atoms with Gasteiger partial charge in [-0.05, 0) is 60.5 Å². The minimum Gasteiger partial charge on any atom is -0.368 e. The van der Waals surface area contributed by atoms with Crippen molar-refractivity contribution in [3.63, 3.8) is 0 Å². The summed E-state index contributed by atoms with van der Waals surface area (Å²) in [5.74, 6) is -0.0576. The van der Waals surface area contributed by atoms with E-state index in [2.05, 4.69) is 27.8 Å². The number of nitrogens with zero attached hydrogens (tertiary/aromatic N) is 3. The third-order valence-electron chi connectivity index (χ3n) is 6.75. The van der Waals surface area contributed by atoms with Crippen molar-refractivity contribution in [3.05, 3.63) is 102 Å². The topological polar surface area (TPSA) is 45.6 Å². The number of carbonyl (C=O) groups excluding carboxylic acids is 2. The fourth-order valence-corrected chi connectivity index (χ4v) is 4.78. The van der Waals surface area contributed by atoms with Gasteiger partial charge in [0, 0.05) is 61.1 Å². The first kappa shape index (κ1) is 22.8. The molecule has 6 heteroatoms. The molecule has 2 heterocycles. The second-order valence-corrected chi connectivity index (χ2v) is 9.07. The number of fused-ring (bicyclic) bond motifs is 1. The van der Waals surface area contributed by atoms with E-state index < -0.39 is 0 Å². The predicted octanol–water partition coefficient (Wildman–Crippen LogP) is 4.92. The highest BCUT2D eigenvalue weighted by atomic mass is 19.1. The Morgan fingerprint density at radius 3 is 2.23 bits per heavy atom. The van der Waals surface area contributed by atoms with Gasteiger partial charge in [-0.25, -0.2) is 4.39 Å². The van der Waals surface area contributed by atoms with Crippen molar-refractivity contribution in [1.29, 1.82) is 0 Å². The standard InChI is InChI=1S/C29H28FN3O2/c1-21(34)23-8-12-26(13-9-23)31-14-16-32(17-15-31)29(35)18-24-20-33(28-5-3-2-4-27(24)28)19-22-6-10-25(30)11-7-22/h2-13,20H,14-19H2,1H3. The van der Waals surface area contributed by atoms with E-state index in [1.54, 1.807) is 19.1 Å². The average molecular weight is 470 g/mol. The van der Waals surface area contributed by atoms with Crippen LogP contribution < -0.4 is 4.90 Å². The van der Waals surface area contributed by atoms with Crippen LogP contribution in [0, 0.1) is 5.82 Å². The fraction of sp³-hybridized carbons (Fsp3) is 0.241. The molecule has 5 nitrogen and oxygen atoms in total. The lowest BCUT2D eigenvalue weighted by atomic mass is 10.1. The summed E-state index contributed by atoms with van der Waals surface area (Å²) in [4.78, 5) is 28.9. The van der Waals surface area contributed by atoms with Gasteiger partial charge in [0.1, 0.15) is 5.82 Å². The zero-order valence-electron chi connectivity index (χ0n) is 19.8. The number of para-hydroxylation sites is 1. The Bertz CT molecular complexity index is 1350. The molecular formula is C29H28FN3O2. The number of carbonyl (C=O) groups is 2. The van der Waals surface area contributed by atoms with E-state index in [9.17, 15) is 14.0 Å². The SMILES string of the molecule is CC(=O)c1ccc(N2CCN(C(=O)Cc3cn(Cc4ccc(F)cc4)c4ccccc34)CC2)cc1. The Hall–Kier alpha value is -3.93. The second-order valence-electron chi connectivity index (χ2n) is 9.07. The Kier molecular flexibility index (Phi) is 6.36. The van der Waals surface area contributed by atoms with E-state index in [0.29, 0.717) is 31.6 Å². The molecule has 178 valence electrons. The normalized spacial score (nSPS) is 13.9. The first-order valence-electron chi connectivity index (χ1n) is 11.9. The lowest BCUT2D eigenvalue weighted by molar-refractivity contribution is -0.130. The summed E-state index contributed by atoms with van der Waals surface area (Å²) in [5, 5.41) is 1.08. The van der Waals surface area contributed by atoms with Crippen LogP contribution >= 0.6 is 0 Å². The molecule has 35 heavy (non-hydrogen) atoms. The number of ketones is 1. The van der Waals surface area contributed by atoms with E-state index >= 15 is 0 Å². The second kappa shape index (κ2) is 9.74. The molecule has 0 unspecified atom stereocenters. The highest BCUT2D eigenvalue weighted by molar-refractivity contribution is 5.94. The van der Waals surface area contributed by atoms with E-state index in [1.165, 1.54) is 12.1 Å². The van der Waals surface area contributed by atoms with Gasteiger partial charge in [-0.2, -0.15) is 0 Å². The van der Waals surface area contributed by atoms with E-state index in [-0.39, 0.29) is 17.5 Å². The van der Waals surface area contributed by atoms with Crippen molar-refractivity contribution in [2.75, 3.05) is 31.1 Å². The molecule has 0 bridgehead atoms. The molecule has 1 fully saturated rings. The van der Waals surface area contributed by atoms with Gasteiger partial charge in [-0.1, -0.05) is 30.3 Å². The highest BCUT2D eigenvalue weighted by Gasteiger charge is 2.23. The molecule has 1 aliphatic heterocycles. The highest BCUT2D eigenvalue weighted by Crippen LogP contribution is 2.24. The first-order chi connectivity index (χ1) is 17.0. The Balaban J connectivity index is 1.26. The number of anilines is 1. The number of benzene rings is 3. The van der Waals surface area contributed by atoms with Gasteiger partial charge in [-0.15, -0.1) is 0 Å². The zero-order chi connectivity index (χ0) is 24.4. The molecule has 0 radical (unpaired) electrons. The summed E-state index contributed by atoms with van der Waals surface area (Å²) in [6.45, 7) is 5.05. The van der Waals surface area contributed by atoms with Crippen LogP contribution in [0.15, 0.2) is 79.0 Å². The van der Waals surface area contributed by atoms with Crippen LogP contribution in [0.25, 0.3) is 10.9 Å². The molecule has 1 saturated heterocycles. The average Bonchev–Trinajstić information content (AvgIpc) is 3.22. The molecule has 5 rings (SSSR count). The smallest absolute Gasteiger partial charge is 0.227 e. The molecule has 0 atom stereocenters. The molecule has 0 saturated carbocycles. The quantitative estimate of drug-likeness (QED) is 0.377. The summed E-state index contributed by atoms with van der Waals surface area (Å²) in [6, 6.07) is 22.3. The third-order valence-corrected chi connectivity index (χ3v) is 6.75. The number of hydrogen-bond acceptors (Lipinski definition) is 3. The monoisotopic (exact) mass is 469 g/mol. The van der Waals surface area contributed by atoms with Crippen molar-refractivity contribution < 1.29 is 14.0 Å². The maximum atomic E-state index is 13.3. The molecule has 0 N–H and O–H groups in total. The summed E-state index contributed by atoms with van der Waals surface area (Å²) >= 11 is 0. The van der Waals surface area contributed by atoms with Gasteiger partial charge < -0.3 is 14.4 Å². The number of Topliss-reactive ketones (excluding diaryl/α,β-unsaturated/α-hetero) is 1.